The number of amides is 9. The number of nitrogens with one attached hydrogen (secondary N) is 8. The largest absolute Gasteiger partial charge is 0.368 e. The van der Waals surface area contributed by atoms with Crippen LogP contribution in [0.3, 0.4) is 0 Å². The lowest BCUT2D eigenvalue weighted by Crippen LogP contribution is -2.61. The lowest BCUT2D eigenvalue weighted by atomic mass is 10.00. The van der Waals surface area contributed by atoms with Crippen molar-refractivity contribution in [2.45, 2.75) is 134 Å². The number of carbonyl (C=O) groups excluding carboxylic acids is 9. The van der Waals surface area contributed by atoms with Gasteiger partial charge in [0.25, 0.3) is 0 Å². The van der Waals surface area contributed by atoms with Crippen molar-refractivity contribution in [3.8, 4) is 0 Å². The summed E-state index contributed by atoms with van der Waals surface area (Å²) in [7, 11) is 0. The van der Waals surface area contributed by atoms with Gasteiger partial charge in [-0.25, -0.2) is 0 Å². The smallest absolute Gasteiger partial charge is 0.243 e. The number of benzene rings is 1. The molecule has 23 nitrogen and oxygen atoms in total. The molecule has 0 aliphatic heterocycles. The van der Waals surface area contributed by atoms with E-state index in [4.69, 9.17) is 34.4 Å². The molecule has 20 N–H and O–H groups in total. The van der Waals surface area contributed by atoms with Crippen LogP contribution in [0.25, 0.3) is 0 Å². The third-order valence-electron chi connectivity index (χ3n) is 10.1. The highest BCUT2D eigenvalue weighted by Crippen LogP contribution is 2.11. The van der Waals surface area contributed by atoms with Gasteiger partial charge in [-0.05, 0) is 95.1 Å². The van der Waals surface area contributed by atoms with E-state index in [-0.39, 0.29) is 95.9 Å². The predicted octanol–water partition coefficient (Wildman–Crippen LogP) is -4.55. The lowest BCUT2D eigenvalue weighted by molar-refractivity contribution is -0.136. The standard InChI is InChI=1S/C43H76N14O9/c1-24(2)21-33(36(49)59)55-40(63)31(14-19-47)52-39(62)30(13-18-46)54-43(66)35(23-27-9-7-6-8-10-27)57-42(65)34(22-25(3)4)56-41(64)32(15-20-48)53-38(61)29(12-17-45)51-37(60)28(11-16-44)50-26(5)58/h6-10,24-25,28-35H,11-23,44-48H2,1-5H3,(H2,49,59)(H,50,58)(H,51,60)(H,52,62)(H,53,61)(H,54,66)(H,55,63)(H,56,64)(H,57,65)/t28-,29+,30+,31+,32+,33+,34+,35-/m1/s1. The molecule has 0 unspecified atom stereocenters. The molecule has 1 aromatic carbocycles. The average Bonchev–Trinajstić information content (AvgIpc) is 3.24. The highest BCUT2D eigenvalue weighted by atomic mass is 16.2. The van der Waals surface area contributed by atoms with Crippen LogP contribution in [-0.2, 0) is 49.6 Å². The normalized spacial score (nSPS) is 14.8. The molecule has 66 heavy (non-hydrogen) atoms. The fourth-order valence-corrected chi connectivity index (χ4v) is 6.81. The molecule has 0 saturated heterocycles. The van der Waals surface area contributed by atoms with E-state index in [1.54, 1.807) is 30.3 Å². The van der Waals surface area contributed by atoms with Crippen LogP contribution in [0.1, 0.15) is 85.1 Å². The van der Waals surface area contributed by atoms with Gasteiger partial charge in [0.1, 0.15) is 48.3 Å². The zero-order chi connectivity index (χ0) is 49.9. The molecule has 0 fully saturated rings. The van der Waals surface area contributed by atoms with Crippen molar-refractivity contribution in [2.75, 3.05) is 32.7 Å². The average molecular weight is 933 g/mol. The van der Waals surface area contributed by atoms with Crippen molar-refractivity contribution < 1.29 is 43.2 Å². The summed E-state index contributed by atoms with van der Waals surface area (Å²) in [5.74, 6) is -6.64. The second kappa shape index (κ2) is 31.2. The summed E-state index contributed by atoms with van der Waals surface area (Å²) in [5.41, 5.74) is 34.9. The molecular weight excluding hydrogens is 857 g/mol. The maximum absolute atomic E-state index is 14.2. The number of carbonyl (C=O) groups is 9. The molecule has 0 saturated carbocycles. The first-order valence-corrected chi connectivity index (χ1v) is 22.4. The minimum Gasteiger partial charge on any atom is -0.368 e. The van der Waals surface area contributed by atoms with Gasteiger partial charge in [-0.15, -0.1) is 0 Å². The Morgan fingerprint density at radius 1 is 0.409 bits per heavy atom. The van der Waals surface area contributed by atoms with Crippen LogP contribution in [0.4, 0.5) is 0 Å². The molecule has 1 aromatic rings. The Kier molecular flexibility index (Phi) is 27.6. The number of hydrogen-bond acceptors (Lipinski definition) is 14. The summed E-state index contributed by atoms with van der Waals surface area (Å²) in [5, 5.41) is 20.9. The molecule has 23 heteroatoms. The molecule has 372 valence electrons. The maximum atomic E-state index is 14.2. The van der Waals surface area contributed by atoms with Gasteiger partial charge < -0.3 is 76.9 Å². The third-order valence-corrected chi connectivity index (χ3v) is 10.1. The molecule has 0 bridgehead atoms. The predicted molar refractivity (Wildman–Crippen MR) is 248 cm³/mol. The van der Waals surface area contributed by atoms with Crippen molar-refractivity contribution >= 4 is 53.2 Å². The molecule has 1 rings (SSSR count). The molecule has 0 spiro atoms. The number of rotatable bonds is 32. The molecule has 0 aliphatic carbocycles. The second-order valence-corrected chi connectivity index (χ2v) is 16.9. The number of nitrogens with two attached hydrogens (primary N) is 6. The van der Waals surface area contributed by atoms with Crippen molar-refractivity contribution in [2.24, 2.45) is 46.2 Å². The minimum atomic E-state index is -1.31. The zero-order valence-electron chi connectivity index (χ0n) is 39.0. The third kappa shape index (κ3) is 22.0. The summed E-state index contributed by atoms with van der Waals surface area (Å²) < 4.78 is 0. The van der Waals surface area contributed by atoms with Gasteiger partial charge in [-0.1, -0.05) is 58.0 Å². The first-order valence-electron chi connectivity index (χ1n) is 22.4. The highest BCUT2D eigenvalue weighted by Gasteiger charge is 2.34. The van der Waals surface area contributed by atoms with E-state index in [0.29, 0.717) is 5.56 Å². The van der Waals surface area contributed by atoms with E-state index in [2.05, 4.69) is 42.5 Å². The van der Waals surface area contributed by atoms with Gasteiger partial charge in [-0.3, -0.25) is 43.2 Å². The molecule has 9 amide bonds. The van der Waals surface area contributed by atoms with Crippen LogP contribution < -0.4 is 76.9 Å². The van der Waals surface area contributed by atoms with Crippen LogP contribution in [0.15, 0.2) is 30.3 Å². The van der Waals surface area contributed by atoms with Crippen molar-refractivity contribution in [1.82, 2.24) is 42.5 Å². The zero-order valence-corrected chi connectivity index (χ0v) is 39.0. The van der Waals surface area contributed by atoms with Gasteiger partial charge in [0.15, 0.2) is 0 Å². The van der Waals surface area contributed by atoms with Gasteiger partial charge in [0, 0.05) is 13.3 Å². The van der Waals surface area contributed by atoms with Crippen LogP contribution in [-0.4, -0.2) is 134 Å². The molecule has 0 heterocycles. The SMILES string of the molecule is CC(=O)N[C@H](CCN)C(=O)N[C@@H](CCN)C(=O)N[C@@H](CCN)C(=O)N[C@@H](CC(C)C)C(=O)N[C@H](Cc1ccccc1)C(=O)N[C@@H](CCN)C(=O)N[C@@H](CCN)C(=O)N[C@@H](CC(C)C)C(N)=O. The molecule has 0 aromatic heterocycles. The summed E-state index contributed by atoms with van der Waals surface area (Å²) in [6.07, 6.45) is 0.209. The van der Waals surface area contributed by atoms with Crippen LogP contribution in [0, 0.1) is 11.8 Å². The van der Waals surface area contributed by atoms with Crippen LogP contribution in [0.2, 0.25) is 0 Å². The summed E-state index contributed by atoms with van der Waals surface area (Å²) in [4.78, 5) is 120. The fourth-order valence-electron chi connectivity index (χ4n) is 6.81. The van der Waals surface area contributed by atoms with Gasteiger partial charge >= 0.3 is 0 Å². The van der Waals surface area contributed by atoms with Crippen molar-refractivity contribution in [1.29, 1.82) is 0 Å². The van der Waals surface area contributed by atoms with Crippen molar-refractivity contribution in [3.05, 3.63) is 35.9 Å². The van der Waals surface area contributed by atoms with Gasteiger partial charge in [0.2, 0.25) is 53.2 Å². The Hall–Kier alpha value is -5.75. The Labute approximate surface area is 387 Å². The lowest BCUT2D eigenvalue weighted by Gasteiger charge is -2.28. The maximum Gasteiger partial charge on any atom is 0.243 e. The molecular formula is C43H76N14O9. The van der Waals surface area contributed by atoms with E-state index < -0.39 is 101 Å². The van der Waals surface area contributed by atoms with Crippen molar-refractivity contribution in [3.63, 3.8) is 0 Å². The van der Waals surface area contributed by atoms with Gasteiger partial charge in [-0.2, -0.15) is 0 Å². The minimum absolute atomic E-state index is 0.0122. The fraction of sp³-hybridized carbons (Fsp3) is 0.651. The molecule has 8 atom stereocenters. The van der Waals surface area contributed by atoms with E-state index in [9.17, 15) is 43.2 Å². The first kappa shape index (κ1) is 58.3. The molecule has 0 radical (unpaired) electrons. The summed E-state index contributed by atoms with van der Waals surface area (Å²) in [6.45, 7) is 8.45. The Morgan fingerprint density at radius 3 is 1.00 bits per heavy atom. The van der Waals surface area contributed by atoms with E-state index in [1.165, 1.54) is 6.92 Å². The number of hydrogen-bond donors (Lipinski definition) is 14. The quantitative estimate of drug-likeness (QED) is 0.0324. The van der Waals surface area contributed by atoms with E-state index in [1.807, 2.05) is 27.7 Å². The Balaban J connectivity index is 3.40. The summed E-state index contributed by atoms with van der Waals surface area (Å²) in [6, 6.07) is -0.850. The number of primary amides is 1. The van der Waals surface area contributed by atoms with Crippen LogP contribution in [0.5, 0.6) is 0 Å². The topological polar surface area (TPSA) is 406 Å². The van der Waals surface area contributed by atoms with Crippen LogP contribution >= 0.6 is 0 Å². The second-order valence-electron chi connectivity index (χ2n) is 16.9. The van der Waals surface area contributed by atoms with Gasteiger partial charge in [0.05, 0.1) is 0 Å². The Morgan fingerprint density at radius 2 is 0.682 bits per heavy atom. The monoisotopic (exact) mass is 933 g/mol. The molecule has 0 aliphatic rings. The summed E-state index contributed by atoms with van der Waals surface area (Å²) >= 11 is 0. The van der Waals surface area contributed by atoms with E-state index >= 15 is 0 Å². The highest BCUT2D eigenvalue weighted by molar-refractivity contribution is 5.98. The van der Waals surface area contributed by atoms with E-state index in [0.717, 1.165) is 0 Å². The first-order chi connectivity index (χ1) is 31.2. The Bertz CT molecular complexity index is 1740.